The highest BCUT2D eigenvalue weighted by molar-refractivity contribution is 8.93. The Hall–Kier alpha value is -3.73. The van der Waals surface area contributed by atoms with Crippen LogP contribution in [0.15, 0.2) is 133 Å². The molecular weight excluding hydrogens is 571 g/mol. The summed E-state index contributed by atoms with van der Waals surface area (Å²) in [5.41, 5.74) is 1.85. The molecule has 5 nitrogen and oxygen atoms in total. The van der Waals surface area contributed by atoms with Crippen LogP contribution >= 0.6 is 24.2 Å². The van der Waals surface area contributed by atoms with Gasteiger partial charge in [-0.15, -0.1) is 17.0 Å². The predicted molar refractivity (Wildman–Crippen MR) is 165 cm³/mol. The van der Waals surface area contributed by atoms with E-state index in [9.17, 15) is 9.59 Å². The lowest BCUT2D eigenvalue weighted by Gasteiger charge is -2.33. The molecule has 2 N–H and O–H groups in total. The van der Waals surface area contributed by atoms with Crippen molar-refractivity contribution in [2.75, 3.05) is 12.8 Å². The number of amides is 2. The van der Waals surface area contributed by atoms with Crippen LogP contribution in [0.1, 0.15) is 18.5 Å². The third-order valence-electron chi connectivity index (χ3n) is 6.77. The van der Waals surface area contributed by atoms with Gasteiger partial charge in [-0.1, -0.05) is 84.9 Å². The standard InChI is InChI=1S/C32H29N2O3P.BrH/c1-2-37-31(35)29-28(33-32(36)34-30(29)24-15-7-3-8-16-24)23-38(25-17-9-4-10-18-25,26-19-11-5-12-20-26)27-21-13-6-14-22-27;/h3-22,30H,2,23H2,1H3,(H-,33,34,35,36);1H/p+1. The molecule has 5 rings (SSSR count). The molecule has 1 aliphatic rings. The Labute approximate surface area is 240 Å². The van der Waals surface area contributed by atoms with Crippen LogP contribution in [0.4, 0.5) is 4.79 Å². The third kappa shape index (κ3) is 5.83. The molecule has 4 aromatic rings. The maximum Gasteiger partial charge on any atom is 0.338 e. The van der Waals surface area contributed by atoms with E-state index in [1.54, 1.807) is 6.92 Å². The molecule has 1 heterocycles. The molecule has 0 fully saturated rings. The molecule has 4 aromatic carbocycles. The summed E-state index contributed by atoms with van der Waals surface area (Å²) < 4.78 is 5.55. The minimum Gasteiger partial charge on any atom is -0.463 e. The van der Waals surface area contributed by atoms with Crippen molar-refractivity contribution in [3.63, 3.8) is 0 Å². The normalized spacial score (nSPS) is 15.0. The first kappa shape index (κ1) is 28.3. The lowest BCUT2D eigenvalue weighted by Crippen LogP contribution is -2.48. The SMILES string of the molecule is Br.CCOC(=O)C1=C(C[P+](c2ccccc2)(c2ccccc2)c2ccccc2)NC(=O)NC1c1ccccc1. The van der Waals surface area contributed by atoms with E-state index in [0.717, 1.165) is 21.5 Å². The van der Waals surface area contributed by atoms with Crippen LogP contribution in [0.5, 0.6) is 0 Å². The molecule has 1 atom stereocenters. The Bertz CT molecular complexity index is 1340. The number of benzene rings is 4. The van der Waals surface area contributed by atoms with Gasteiger partial charge >= 0.3 is 12.0 Å². The number of rotatable bonds is 8. The van der Waals surface area contributed by atoms with Crippen molar-refractivity contribution in [1.82, 2.24) is 10.6 Å². The van der Waals surface area contributed by atoms with Gasteiger partial charge in [-0.25, -0.2) is 9.59 Å². The molecule has 198 valence electrons. The Balaban J connectivity index is 0.00000353. The largest absolute Gasteiger partial charge is 0.463 e. The average Bonchev–Trinajstić information content (AvgIpc) is 2.97. The van der Waals surface area contributed by atoms with Crippen molar-refractivity contribution in [3.05, 3.63) is 138 Å². The Morgan fingerprint density at radius 1 is 0.744 bits per heavy atom. The number of esters is 1. The monoisotopic (exact) mass is 601 g/mol. The highest BCUT2D eigenvalue weighted by Gasteiger charge is 2.48. The number of carbonyl (C=O) groups excluding carboxylic acids is 2. The van der Waals surface area contributed by atoms with Gasteiger partial charge in [0.15, 0.2) is 0 Å². The van der Waals surface area contributed by atoms with E-state index in [2.05, 4.69) is 47.0 Å². The highest BCUT2D eigenvalue weighted by atomic mass is 79.9. The highest BCUT2D eigenvalue weighted by Crippen LogP contribution is 2.57. The summed E-state index contributed by atoms with van der Waals surface area (Å²) in [6, 6.07) is 39.8. The fourth-order valence-electron chi connectivity index (χ4n) is 5.09. The number of nitrogens with one attached hydrogen (secondary N) is 2. The van der Waals surface area contributed by atoms with Gasteiger partial charge in [-0.2, -0.15) is 0 Å². The molecular formula is C32H31BrN2O3P+. The maximum absolute atomic E-state index is 13.5. The average molecular weight is 602 g/mol. The van der Waals surface area contributed by atoms with E-state index in [0.29, 0.717) is 17.4 Å². The van der Waals surface area contributed by atoms with Gasteiger partial charge in [0.1, 0.15) is 29.3 Å². The summed E-state index contributed by atoms with van der Waals surface area (Å²) in [5.74, 6) is -0.434. The molecule has 7 heteroatoms. The molecule has 1 unspecified atom stereocenters. The van der Waals surface area contributed by atoms with Gasteiger partial charge in [0.2, 0.25) is 0 Å². The number of urea groups is 1. The second kappa shape index (κ2) is 12.9. The minimum absolute atomic E-state index is 0. The van der Waals surface area contributed by atoms with Gasteiger partial charge in [0.05, 0.1) is 23.9 Å². The van der Waals surface area contributed by atoms with Crippen LogP contribution in [0.2, 0.25) is 0 Å². The van der Waals surface area contributed by atoms with E-state index < -0.39 is 19.3 Å². The van der Waals surface area contributed by atoms with Gasteiger partial charge < -0.3 is 15.4 Å². The van der Waals surface area contributed by atoms with Crippen molar-refractivity contribution in [1.29, 1.82) is 0 Å². The van der Waals surface area contributed by atoms with Gasteiger partial charge in [0.25, 0.3) is 0 Å². The Kier molecular flexibility index (Phi) is 9.34. The molecule has 0 bridgehead atoms. The summed E-state index contributed by atoms with van der Waals surface area (Å²) in [6.07, 6.45) is 0.454. The molecule has 39 heavy (non-hydrogen) atoms. The summed E-state index contributed by atoms with van der Waals surface area (Å²) in [7, 11) is -2.37. The lowest BCUT2D eigenvalue weighted by molar-refractivity contribution is -0.139. The summed E-state index contributed by atoms with van der Waals surface area (Å²) in [4.78, 5) is 26.6. The number of hydrogen-bond acceptors (Lipinski definition) is 3. The number of ether oxygens (including phenoxy) is 1. The molecule has 0 saturated carbocycles. The number of halogens is 1. The first-order valence-electron chi connectivity index (χ1n) is 12.7. The van der Waals surface area contributed by atoms with Crippen LogP contribution in [-0.2, 0) is 9.53 Å². The van der Waals surface area contributed by atoms with Gasteiger partial charge in [0, 0.05) is 0 Å². The summed E-state index contributed by atoms with van der Waals surface area (Å²) in [5, 5.41) is 9.48. The second-order valence-corrected chi connectivity index (χ2v) is 12.5. The van der Waals surface area contributed by atoms with E-state index in [1.165, 1.54) is 0 Å². The van der Waals surface area contributed by atoms with E-state index in [4.69, 9.17) is 4.74 Å². The van der Waals surface area contributed by atoms with Crippen LogP contribution in [0.3, 0.4) is 0 Å². The Morgan fingerprint density at radius 2 is 1.18 bits per heavy atom. The lowest BCUT2D eigenvalue weighted by atomic mass is 9.95. The zero-order chi connectivity index (χ0) is 26.4. The van der Waals surface area contributed by atoms with Gasteiger partial charge in [-0.05, 0) is 48.9 Å². The first-order chi connectivity index (χ1) is 18.6. The summed E-state index contributed by atoms with van der Waals surface area (Å²) in [6.45, 7) is 2.03. The topological polar surface area (TPSA) is 67.4 Å². The number of carbonyl (C=O) groups is 2. The van der Waals surface area contributed by atoms with Crippen LogP contribution < -0.4 is 26.5 Å². The van der Waals surface area contributed by atoms with E-state index >= 15 is 0 Å². The van der Waals surface area contributed by atoms with Crippen LogP contribution in [0, 0.1) is 0 Å². The van der Waals surface area contributed by atoms with Crippen molar-refractivity contribution in [2.45, 2.75) is 13.0 Å². The van der Waals surface area contributed by atoms with Gasteiger partial charge in [-0.3, -0.25) is 0 Å². The number of allylic oxidation sites excluding steroid dienone is 1. The van der Waals surface area contributed by atoms with Crippen molar-refractivity contribution in [3.8, 4) is 0 Å². The van der Waals surface area contributed by atoms with Crippen molar-refractivity contribution < 1.29 is 14.3 Å². The molecule has 1 aliphatic heterocycles. The number of hydrogen-bond donors (Lipinski definition) is 2. The van der Waals surface area contributed by atoms with Crippen molar-refractivity contribution in [2.24, 2.45) is 0 Å². The van der Waals surface area contributed by atoms with E-state index in [-0.39, 0.29) is 29.6 Å². The van der Waals surface area contributed by atoms with Crippen LogP contribution in [0.25, 0.3) is 0 Å². The fraction of sp³-hybridized carbons (Fsp3) is 0.125. The quantitative estimate of drug-likeness (QED) is 0.209. The van der Waals surface area contributed by atoms with Crippen molar-refractivity contribution >= 4 is 52.2 Å². The molecule has 0 spiro atoms. The fourth-order valence-corrected chi connectivity index (χ4v) is 9.30. The predicted octanol–water partition coefficient (Wildman–Crippen LogP) is 5.43. The Morgan fingerprint density at radius 3 is 1.62 bits per heavy atom. The minimum atomic E-state index is -2.37. The first-order valence-corrected chi connectivity index (χ1v) is 14.7. The molecule has 0 aliphatic carbocycles. The maximum atomic E-state index is 13.5. The molecule has 0 aromatic heterocycles. The summed E-state index contributed by atoms with van der Waals surface area (Å²) >= 11 is 0. The zero-order valence-electron chi connectivity index (χ0n) is 21.6. The van der Waals surface area contributed by atoms with E-state index in [1.807, 2.05) is 84.9 Å². The second-order valence-electron chi connectivity index (χ2n) is 9.03. The molecule has 0 radical (unpaired) electrons. The van der Waals surface area contributed by atoms with Crippen LogP contribution in [-0.4, -0.2) is 24.8 Å². The zero-order valence-corrected chi connectivity index (χ0v) is 24.2. The third-order valence-corrected chi connectivity index (χ3v) is 11.1. The smallest absolute Gasteiger partial charge is 0.338 e. The molecule has 2 amide bonds. The molecule has 0 saturated heterocycles.